The minimum atomic E-state index is -0.0881. The van der Waals surface area contributed by atoms with Crippen LogP contribution in [0.15, 0.2) is 42.6 Å². The van der Waals surface area contributed by atoms with Gasteiger partial charge in [0.2, 0.25) is 5.91 Å². The third-order valence-electron chi connectivity index (χ3n) is 4.49. The van der Waals surface area contributed by atoms with Gasteiger partial charge in [-0.25, -0.2) is 0 Å². The molecule has 0 aliphatic carbocycles. The smallest absolute Gasteiger partial charge is 0.228 e. The van der Waals surface area contributed by atoms with Gasteiger partial charge in [-0.15, -0.1) is 0 Å². The van der Waals surface area contributed by atoms with Crippen LogP contribution in [-0.4, -0.2) is 40.2 Å². The number of benzene rings is 1. The van der Waals surface area contributed by atoms with Crippen molar-refractivity contribution in [1.82, 2.24) is 15.1 Å². The quantitative estimate of drug-likeness (QED) is 0.943. The summed E-state index contributed by atoms with van der Waals surface area (Å²) >= 11 is 0. The second-order valence-corrected chi connectivity index (χ2v) is 7.45. The van der Waals surface area contributed by atoms with Crippen LogP contribution in [-0.2, 0) is 16.0 Å². The Hall–Kier alpha value is -2.14. The number of carbonyl (C=O) groups excluding carboxylic acids is 1. The predicted molar refractivity (Wildman–Crippen MR) is 92.4 cm³/mol. The van der Waals surface area contributed by atoms with Gasteiger partial charge in [0.1, 0.15) is 6.10 Å². The van der Waals surface area contributed by atoms with Gasteiger partial charge in [0, 0.05) is 18.4 Å². The van der Waals surface area contributed by atoms with Crippen LogP contribution in [0.3, 0.4) is 0 Å². The number of ether oxygens (including phenoxy) is 1. The van der Waals surface area contributed by atoms with E-state index in [4.69, 9.17) is 4.74 Å². The fraction of sp³-hybridized carbons (Fsp3) is 0.474. The van der Waals surface area contributed by atoms with Gasteiger partial charge in [-0.2, -0.15) is 5.10 Å². The lowest BCUT2D eigenvalue weighted by Crippen LogP contribution is -2.51. The number of H-pyrrole nitrogens is 1. The SMILES string of the molecule is CC(C)(C)[C@H]1CN(C(=O)Cc2ccn[nH]2)C[C@@H](c2ccccc2)O1. The minimum Gasteiger partial charge on any atom is -0.366 e. The molecule has 2 atom stereocenters. The van der Waals surface area contributed by atoms with Crippen molar-refractivity contribution in [2.24, 2.45) is 5.41 Å². The molecule has 3 rings (SSSR count). The first-order valence-electron chi connectivity index (χ1n) is 8.40. The minimum absolute atomic E-state index is 0.00201. The van der Waals surface area contributed by atoms with E-state index in [1.165, 1.54) is 0 Å². The van der Waals surface area contributed by atoms with Crippen LogP contribution in [0, 0.1) is 5.41 Å². The monoisotopic (exact) mass is 327 g/mol. The molecule has 2 heterocycles. The molecule has 1 aromatic carbocycles. The summed E-state index contributed by atoms with van der Waals surface area (Å²) in [7, 11) is 0. The van der Waals surface area contributed by atoms with Crippen molar-refractivity contribution in [3.05, 3.63) is 53.9 Å². The van der Waals surface area contributed by atoms with Gasteiger partial charge < -0.3 is 9.64 Å². The van der Waals surface area contributed by atoms with E-state index in [2.05, 4.69) is 43.1 Å². The molecule has 0 unspecified atom stereocenters. The molecule has 1 N–H and O–H groups in total. The fourth-order valence-corrected chi connectivity index (χ4v) is 2.95. The van der Waals surface area contributed by atoms with Crippen LogP contribution >= 0.6 is 0 Å². The zero-order chi connectivity index (χ0) is 17.2. The van der Waals surface area contributed by atoms with E-state index >= 15 is 0 Å². The van der Waals surface area contributed by atoms with Crippen molar-refractivity contribution in [2.45, 2.75) is 39.4 Å². The van der Waals surface area contributed by atoms with Crippen LogP contribution in [0.5, 0.6) is 0 Å². The molecule has 0 bridgehead atoms. The van der Waals surface area contributed by atoms with Gasteiger partial charge in [-0.05, 0) is 17.0 Å². The van der Waals surface area contributed by atoms with Crippen LogP contribution in [0.1, 0.15) is 38.1 Å². The topological polar surface area (TPSA) is 58.2 Å². The Morgan fingerprint density at radius 3 is 2.62 bits per heavy atom. The number of nitrogens with one attached hydrogen (secondary N) is 1. The average molecular weight is 327 g/mol. The van der Waals surface area contributed by atoms with E-state index in [9.17, 15) is 4.79 Å². The number of rotatable bonds is 3. The second-order valence-electron chi connectivity index (χ2n) is 7.45. The van der Waals surface area contributed by atoms with Crippen molar-refractivity contribution in [2.75, 3.05) is 13.1 Å². The first-order valence-corrected chi connectivity index (χ1v) is 8.40. The molecule has 1 saturated heterocycles. The fourth-order valence-electron chi connectivity index (χ4n) is 2.95. The van der Waals surface area contributed by atoms with Crippen LogP contribution in [0.4, 0.5) is 0 Å². The number of aromatic nitrogens is 2. The Morgan fingerprint density at radius 2 is 2.00 bits per heavy atom. The largest absolute Gasteiger partial charge is 0.366 e. The maximum atomic E-state index is 12.7. The molecule has 1 aliphatic rings. The van der Waals surface area contributed by atoms with E-state index in [1.807, 2.05) is 29.2 Å². The Bertz CT molecular complexity index is 662. The Labute approximate surface area is 143 Å². The first kappa shape index (κ1) is 16.7. The third kappa shape index (κ3) is 3.85. The highest BCUT2D eigenvalue weighted by Crippen LogP contribution is 2.33. The molecule has 24 heavy (non-hydrogen) atoms. The van der Waals surface area contributed by atoms with E-state index in [0.717, 1.165) is 11.3 Å². The van der Waals surface area contributed by atoms with Crippen molar-refractivity contribution in [3.63, 3.8) is 0 Å². The molecule has 2 aromatic rings. The van der Waals surface area contributed by atoms with Crippen molar-refractivity contribution < 1.29 is 9.53 Å². The highest BCUT2D eigenvalue weighted by atomic mass is 16.5. The van der Waals surface area contributed by atoms with Gasteiger partial charge >= 0.3 is 0 Å². The highest BCUT2D eigenvalue weighted by Gasteiger charge is 2.37. The van der Waals surface area contributed by atoms with Gasteiger partial charge in [0.05, 0.1) is 19.1 Å². The van der Waals surface area contributed by atoms with Gasteiger partial charge in [-0.1, -0.05) is 51.1 Å². The normalized spacial score (nSPS) is 21.7. The summed E-state index contributed by atoms with van der Waals surface area (Å²) < 4.78 is 6.34. The standard InChI is InChI=1S/C19H25N3O2/c1-19(2,3)17-13-22(18(23)11-15-9-10-20-21-15)12-16(24-17)14-7-5-4-6-8-14/h4-10,16-17H,11-13H2,1-3H3,(H,20,21)/t16-,17+/m0/s1. The molecule has 1 aromatic heterocycles. The highest BCUT2D eigenvalue weighted by molar-refractivity contribution is 5.78. The number of amides is 1. The molecule has 1 fully saturated rings. The zero-order valence-corrected chi connectivity index (χ0v) is 14.5. The summed E-state index contributed by atoms with van der Waals surface area (Å²) in [6.45, 7) is 7.68. The van der Waals surface area contributed by atoms with E-state index in [0.29, 0.717) is 19.5 Å². The molecule has 128 valence electrons. The number of carbonyl (C=O) groups is 1. The summed E-state index contributed by atoms with van der Waals surface area (Å²) in [5, 5.41) is 6.78. The van der Waals surface area contributed by atoms with Gasteiger partial charge in [-0.3, -0.25) is 9.89 Å². The molecular formula is C19H25N3O2. The average Bonchev–Trinajstić information content (AvgIpc) is 3.07. The molecule has 5 nitrogen and oxygen atoms in total. The van der Waals surface area contributed by atoms with Crippen LogP contribution < -0.4 is 0 Å². The van der Waals surface area contributed by atoms with E-state index in [-0.39, 0.29) is 23.5 Å². The maximum absolute atomic E-state index is 12.7. The van der Waals surface area contributed by atoms with Crippen LogP contribution in [0.2, 0.25) is 0 Å². The number of aromatic amines is 1. The summed E-state index contributed by atoms with van der Waals surface area (Å²) in [6.07, 6.45) is 1.93. The lowest BCUT2D eigenvalue weighted by atomic mass is 9.87. The Kier molecular flexibility index (Phi) is 4.71. The van der Waals surface area contributed by atoms with E-state index in [1.54, 1.807) is 6.20 Å². The summed E-state index contributed by atoms with van der Waals surface area (Å²) in [4.78, 5) is 14.7. The number of nitrogens with zero attached hydrogens (tertiary/aromatic N) is 2. The molecule has 1 aliphatic heterocycles. The molecular weight excluding hydrogens is 302 g/mol. The first-order chi connectivity index (χ1) is 11.4. The molecule has 0 radical (unpaired) electrons. The summed E-state index contributed by atoms with van der Waals surface area (Å²) in [6, 6.07) is 12.0. The molecule has 5 heteroatoms. The summed E-state index contributed by atoms with van der Waals surface area (Å²) in [5.74, 6) is 0.109. The maximum Gasteiger partial charge on any atom is 0.228 e. The predicted octanol–water partition coefficient (Wildman–Crippen LogP) is 2.97. The Balaban J connectivity index is 1.79. The van der Waals surface area contributed by atoms with Crippen molar-refractivity contribution in [3.8, 4) is 0 Å². The number of hydrogen-bond acceptors (Lipinski definition) is 3. The van der Waals surface area contributed by atoms with Crippen molar-refractivity contribution >= 4 is 5.91 Å². The van der Waals surface area contributed by atoms with Gasteiger partial charge in [0.25, 0.3) is 0 Å². The molecule has 0 saturated carbocycles. The lowest BCUT2D eigenvalue weighted by molar-refractivity contribution is -0.156. The van der Waals surface area contributed by atoms with Crippen LogP contribution in [0.25, 0.3) is 0 Å². The zero-order valence-electron chi connectivity index (χ0n) is 14.5. The Morgan fingerprint density at radius 1 is 1.25 bits per heavy atom. The number of morpholine rings is 1. The summed E-state index contributed by atoms with van der Waals surface area (Å²) in [5.41, 5.74) is 1.93. The lowest BCUT2D eigenvalue weighted by Gasteiger charge is -2.43. The molecule has 1 amide bonds. The van der Waals surface area contributed by atoms with Gasteiger partial charge in [0.15, 0.2) is 0 Å². The number of hydrogen-bond donors (Lipinski definition) is 1. The van der Waals surface area contributed by atoms with E-state index < -0.39 is 0 Å². The third-order valence-corrected chi connectivity index (χ3v) is 4.49. The van der Waals surface area contributed by atoms with Crippen molar-refractivity contribution in [1.29, 1.82) is 0 Å². The molecule has 0 spiro atoms. The second kappa shape index (κ2) is 6.77.